The fourth-order valence-corrected chi connectivity index (χ4v) is 2.61. The Bertz CT molecular complexity index is 410. The molecule has 1 aromatic rings. The monoisotopic (exact) mass is 250 g/mol. The molecule has 4 nitrogen and oxygen atoms in total. The van der Waals surface area contributed by atoms with Crippen LogP contribution >= 0.6 is 0 Å². The Morgan fingerprint density at radius 3 is 2.72 bits per heavy atom. The van der Waals surface area contributed by atoms with Crippen molar-refractivity contribution in [1.82, 2.24) is 14.7 Å². The first kappa shape index (κ1) is 13.6. The van der Waals surface area contributed by atoms with E-state index in [1.807, 2.05) is 0 Å². The number of likely N-dealkylation sites (tertiary alicyclic amines) is 1. The smallest absolute Gasteiger partial charge is 0.0638 e. The maximum atomic E-state index is 5.85. The zero-order chi connectivity index (χ0) is 13.3. The van der Waals surface area contributed by atoms with Crippen molar-refractivity contribution in [2.75, 3.05) is 19.6 Å². The topological polar surface area (TPSA) is 47.1 Å². The highest BCUT2D eigenvalue weighted by molar-refractivity contribution is 5.16. The Morgan fingerprint density at radius 2 is 2.22 bits per heavy atom. The van der Waals surface area contributed by atoms with Gasteiger partial charge in [-0.2, -0.15) is 5.10 Å². The van der Waals surface area contributed by atoms with Crippen molar-refractivity contribution >= 4 is 0 Å². The van der Waals surface area contributed by atoms with E-state index in [0.717, 1.165) is 31.9 Å². The first-order chi connectivity index (χ1) is 8.43. The lowest BCUT2D eigenvalue weighted by Gasteiger charge is -2.22. The minimum Gasteiger partial charge on any atom is -0.330 e. The van der Waals surface area contributed by atoms with Crippen molar-refractivity contribution in [3.63, 3.8) is 0 Å². The summed E-state index contributed by atoms with van der Waals surface area (Å²) < 4.78 is 2.06. The molecule has 1 saturated heterocycles. The van der Waals surface area contributed by atoms with Crippen LogP contribution in [0.3, 0.4) is 0 Å². The lowest BCUT2D eigenvalue weighted by atomic mass is 9.90. The Morgan fingerprint density at radius 1 is 1.50 bits per heavy atom. The molecule has 4 heteroatoms. The lowest BCUT2D eigenvalue weighted by Crippen LogP contribution is -2.31. The molecule has 18 heavy (non-hydrogen) atoms. The van der Waals surface area contributed by atoms with Gasteiger partial charge in [-0.1, -0.05) is 6.92 Å². The summed E-state index contributed by atoms with van der Waals surface area (Å²) in [6, 6.07) is 0.435. The Balaban J connectivity index is 2.02. The van der Waals surface area contributed by atoms with Crippen LogP contribution in [-0.2, 0) is 6.54 Å². The highest BCUT2D eigenvalue weighted by Gasteiger charge is 2.32. The van der Waals surface area contributed by atoms with Crippen molar-refractivity contribution in [1.29, 1.82) is 0 Å². The summed E-state index contributed by atoms with van der Waals surface area (Å²) in [4.78, 5) is 2.50. The van der Waals surface area contributed by atoms with E-state index in [1.165, 1.54) is 12.0 Å². The molecule has 1 atom stereocenters. The summed E-state index contributed by atoms with van der Waals surface area (Å²) in [6.07, 6.45) is 3.40. The number of aryl methyl sites for hydroxylation is 1. The predicted molar refractivity (Wildman–Crippen MR) is 74.4 cm³/mol. The second-order valence-electron chi connectivity index (χ2n) is 6.29. The third-order valence-electron chi connectivity index (χ3n) is 4.07. The Kier molecular flexibility index (Phi) is 3.78. The molecule has 0 saturated carbocycles. The average Bonchev–Trinajstić information content (AvgIpc) is 2.86. The molecule has 1 unspecified atom stereocenters. The second-order valence-corrected chi connectivity index (χ2v) is 6.29. The maximum Gasteiger partial charge on any atom is 0.0638 e. The van der Waals surface area contributed by atoms with Crippen molar-refractivity contribution in [2.24, 2.45) is 11.1 Å². The van der Waals surface area contributed by atoms with Gasteiger partial charge >= 0.3 is 0 Å². The minimum atomic E-state index is 0.307. The second kappa shape index (κ2) is 5.02. The number of rotatable bonds is 4. The van der Waals surface area contributed by atoms with Crippen LogP contribution < -0.4 is 5.73 Å². The van der Waals surface area contributed by atoms with Gasteiger partial charge in [-0.3, -0.25) is 9.58 Å². The summed E-state index contributed by atoms with van der Waals surface area (Å²) in [7, 11) is 0. The molecule has 2 N–H and O–H groups in total. The van der Waals surface area contributed by atoms with E-state index in [2.05, 4.69) is 48.6 Å². The molecule has 1 aromatic heterocycles. The van der Waals surface area contributed by atoms with E-state index in [0.29, 0.717) is 11.5 Å². The third kappa shape index (κ3) is 2.75. The molecule has 1 fully saturated rings. The molecular weight excluding hydrogens is 224 g/mol. The van der Waals surface area contributed by atoms with Crippen molar-refractivity contribution in [2.45, 2.75) is 46.7 Å². The minimum absolute atomic E-state index is 0.307. The summed E-state index contributed by atoms with van der Waals surface area (Å²) in [5.74, 6) is 0. The lowest BCUT2D eigenvalue weighted by molar-refractivity contribution is 0.274. The van der Waals surface area contributed by atoms with Crippen LogP contribution in [0.4, 0.5) is 0 Å². The normalized spacial score (nSPS) is 25.2. The van der Waals surface area contributed by atoms with Crippen LogP contribution in [0.15, 0.2) is 6.20 Å². The molecule has 0 spiro atoms. The zero-order valence-electron chi connectivity index (χ0n) is 12.1. The predicted octanol–water partition coefficient (Wildman–Crippen LogP) is 1.94. The van der Waals surface area contributed by atoms with E-state index in [1.54, 1.807) is 0 Å². The van der Waals surface area contributed by atoms with Gasteiger partial charge in [0.25, 0.3) is 0 Å². The Hall–Kier alpha value is -0.870. The van der Waals surface area contributed by atoms with Gasteiger partial charge in [0.1, 0.15) is 0 Å². The summed E-state index contributed by atoms with van der Waals surface area (Å²) >= 11 is 0. The summed E-state index contributed by atoms with van der Waals surface area (Å²) in [5, 5.41) is 4.57. The molecule has 2 rings (SSSR count). The quantitative estimate of drug-likeness (QED) is 0.888. The number of aromatic nitrogens is 2. The molecule has 1 aliphatic heterocycles. The first-order valence-electron chi connectivity index (χ1n) is 6.90. The molecule has 1 aliphatic rings. The molecule has 0 aliphatic carbocycles. The van der Waals surface area contributed by atoms with Gasteiger partial charge in [-0.15, -0.1) is 0 Å². The van der Waals surface area contributed by atoms with Crippen LogP contribution in [0.5, 0.6) is 0 Å². The van der Waals surface area contributed by atoms with Gasteiger partial charge in [0, 0.05) is 30.9 Å². The van der Waals surface area contributed by atoms with E-state index in [9.17, 15) is 0 Å². The van der Waals surface area contributed by atoms with Gasteiger partial charge < -0.3 is 5.73 Å². The molecular formula is C14H26N4. The molecule has 2 heterocycles. The van der Waals surface area contributed by atoms with Gasteiger partial charge in [0.05, 0.1) is 5.69 Å². The highest BCUT2D eigenvalue weighted by Crippen LogP contribution is 2.29. The van der Waals surface area contributed by atoms with Crippen LogP contribution in [0.25, 0.3) is 0 Å². The van der Waals surface area contributed by atoms with E-state index in [4.69, 9.17) is 5.73 Å². The fourth-order valence-electron chi connectivity index (χ4n) is 2.61. The third-order valence-corrected chi connectivity index (χ3v) is 4.07. The van der Waals surface area contributed by atoms with Crippen LogP contribution in [0.1, 0.15) is 44.5 Å². The van der Waals surface area contributed by atoms with Crippen LogP contribution in [-0.4, -0.2) is 34.3 Å². The van der Waals surface area contributed by atoms with Crippen molar-refractivity contribution in [3.05, 3.63) is 17.5 Å². The summed E-state index contributed by atoms with van der Waals surface area (Å²) in [5.41, 5.74) is 8.67. The van der Waals surface area contributed by atoms with Gasteiger partial charge in [0.15, 0.2) is 0 Å². The molecule has 0 amide bonds. The summed E-state index contributed by atoms with van der Waals surface area (Å²) in [6.45, 7) is 12.8. The molecule has 0 bridgehead atoms. The standard InChI is InChI=1S/C14H26N4/c1-11(2)18-8-13(12(3)16-18)7-17-6-5-14(4,9-15)10-17/h8,11H,5-7,9-10,15H2,1-4H3. The van der Waals surface area contributed by atoms with E-state index >= 15 is 0 Å². The first-order valence-corrected chi connectivity index (χ1v) is 6.90. The average molecular weight is 250 g/mol. The number of nitrogens with two attached hydrogens (primary N) is 1. The van der Waals surface area contributed by atoms with Crippen molar-refractivity contribution < 1.29 is 0 Å². The van der Waals surface area contributed by atoms with E-state index in [-0.39, 0.29) is 0 Å². The number of nitrogens with zero attached hydrogens (tertiary/aromatic N) is 3. The number of hydrogen-bond acceptors (Lipinski definition) is 3. The maximum absolute atomic E-state index is 5.85. The highest BCUT2D eigenvalue weighted by atomic mass is 15.3. The SMILES string of the molecule is Cc1nn(C(C)C)cc1CN1CCC(C)(CN)C1. The Labute approximate surface area is 110 Å². The van der Waals surface area contributed by atoms with Gasteiger partial charge in [0.2, 0.25) is 0 Å². The van der Waals surface area contributed by atoms with Crippen LogP contribution in [0.2, 0.25) is 0 Å². The van der Waals surface area contributed by atoms with Crippen molar-refractivity contribution in [3.8, 4) is 0 Å². The number of hydrogen-bond donors (Lipinski definition) is 1. The van der Waals surface area contributed by atoms with Gasteiger partial charge in [-0.25, -0.2) is 0 Å². The molecule has 0 radical (unpaired) electrons. The largest absolute Gasteiger partial charge is 0.330 e. The van der Waals surface area contributed by atoms with Crippen LogP contribution in [0, 0.1) is 12.3 Å². The fraction of sp³-hybridized carbons (Fsp3) is 0.786. The van der Waals surface area contributed by atoms with Gasteiger partial charge in [-0.05, 0) is 45.7 Å². The van der Waals surface area contributed by atoms with E-state index < -0.39 is 0 Å². The molecule has 102 valence electrons. The molecule has 0 aromatic carbocycles. The zero-order valence-corrected chi connectivity index (χ0v) is 12.1.